The Bertz CT molecular complexity index is 281. The number of ether oxygens (including phenoxy) is 3. The molecule has 0 saturated carbocycles. The molecule has 0 unspecified atom stereocenters. The summed E-state index contributed by atoms with van der Waals surface area (Å²) in [5, 5.41) is 8.50. The van der Waals surface area contributed by atoms with E-state index in [-0.39, 0.29) is 12.8 Å². The van der Waals surface area contributed by atoms with E-state index in [0.717, 1.165) is 12.8 Å². The molecule has 0 aliphatic carbocycles. The molecule has 0 radical (unpaired) electrons. The van der Waals surface area contributed by atoms with Crippen molar-refractivity contribution in [3.63, 3.8) is 0 Å². The fraction of sp³-hybridized carbons (Fsp3) is 0.857. The number of aliphatic carboxylic acids is 1. The largest absolute Gasteiger partial charge is 0.481 e. The fourth-order valence-electron chi connectivity index (χ4n) is 1.48. The summed E-state index contributed by atoms with van der Waals surface area (Å²) in [5.41, 5.74) is 0. The van der Waals surface area contributed by atoms with Crippen LogP contribution in [0.3, 0.4) is 0 Å². The summed E-state index contributed by atoms with van der Waals surface area (Å²) in [5.74, 6) is -2.65. The summed E-state index contributed by atoms with van der Waals surface area (Å²) >= 11 is 0. The smallest absolute Gasteiger partial charge is 0.326 e. The third-order valence-corrected chi connectivity index (χ3v) is 2.46. The first-order valence-corrected chi connectivity index (χ1v) is 7.15. The maximum Gasteiger partial charge on any atom is 0.326 e. The summed E-state index contributed by atoms with van der Waals surface area (Å²) in [4.78, 5) is 22.1. The first kappa shape index (κ1) is 18.9. The Hall–Kier alpha value is -1.14. The molecule has 0 aliphatic rings. The van der Waals surface area contributed by atoms with Crippen molar-refractivity contribution in [2.75, 3.05) is 13.2 Å². The van der Waals surface area contributed by atoms with Crippen LogP contribution in [-0.4, -0.2) is 36.2 Å². The average Bonchev–Trinajstić information content (AvgIpc) is 2.39. The Morgan fingerprint density at radius 3 is 1.95 bits per heavy atom. The molecule has 0 fully saturated rings. The normalized spacial score (nSPS) is 11.3. The predicted molar refractivity (Wildman–Crippen MR) is 73.1 cm³/mol. The van der Waals surface area contributed by atoms with Gasteiger partial charge in [0.05, 0.1) is 13.2 Å². The molecule has 0 aliphatic heterocycles. The van der Waals surface area contributed by atoms with E-state index in [4.69, 9.17) is 19.3 Å². The van der Waals surface area contributed by atoms with Gasteiger partial charge in [-0.1, -0.05) is 13.8 Å². The molecule has 1 N–H and O–H groups in total. The van der Waals surface area contributed by atoms with Gasteiger partial charge >= 0.3 is 17.9 Å². The highest BCUT2D eigenvalue weighted by atomic mass is 16.9. The van der Waals surface area contributed by atoms with E-state index in [1.165, 1.54) is 0 Å². The van der Waals surface area contributed by atoms with Crippen molar-refractivity contribution in [3.8, 4) is 0 Å². The number of carboxylic acids is 1. The van der Waals surface area contributed by atoms with Gasteiger partial charge in [-0.15, -0.1) is 0 Å². The Kier molecular flexibility index (Phi) is 10.0. The van der Waals surface area contributed by atoms with E-state index in [9.17, 15) is 9.59 Å². The van der Waals surface area contributed by atoms with Gasteiger partial charge < -0.3 is 19.3 Å². The monoisotopic (exact) mass is 290 g/mol. The molecule has 0 aromatic heterocycles. The third-order valence-electron chi connectivity index (χ3n) is 2.46. The van der Waals surface area contributed by atoms with E-state index in [0.29, 0.717) is 26.1 Å². The van der Waals surface area contributed by atoms with Gasteiger partial charge in [0.1, 0.15) is 0 Å². The SMILES string of the molecule is CCCOC(C)(OCCC)OC(=O)CCCCC(=O)O. The molecule has 0 aromatic rings. The highest BCUT2D eigenvalue weighted by Gasteiger charge is 2.30. The third kappa shape index (κ3) is 9.75. The van der Waals surface area contributed by atoms with Crippen molar-refractivity contribution in [3.05, 3.63) is 0 Å². The molecule has 118 valence electrons. The van der Waals surface area contributed by atoms with Gasteiger partial charge in [-0.05, 0) is 25.7 Å². The number of carboxylic acid groups (broad SMARTS) is 1. The number of carbonyl (C=O) groups excluding carboxylic acids is 1. The molecule has 6 heteroatoms. The topological polar surface area (TPSA) is 82.1 Å². The fourth-order valence-corrected chi connectivity index (χ4v) is 1.48. The summed E-state index contributed by atoms with van der Waals surface area (Å²) in [6.45, 7) is 6.36. The van der Waals surface area contributed by atoms with Crippen LogP contribution in [0, 0.1) is 0 Å². The zero-order chi connectivity index (χ0) is 15.4. The molecule has 0 atom stereocenters. The number of rotatable bonds is 12. The van der Waals surface area contributed by atoms with Crippen molar-refractivity contribution in [2.45, 2.75) is 65.3 Å². The Morgan fingerprint density at radius 1 is 1.00 bits per heavy atom. The molecule has 0 rings (SSSR count). The number of carbonyl (C=O) groups is 2. The van der Waals surface area contributed by atoms with Crippen LogP contribution in [0.15, 0.2) is 0 Å². The summed E-state index contributed by atoms with van der Waals surface area (Å²) < 4.78 is 16.1. The molecular formula is C14H26O6. The molecular weight excluding hydrogens is 264 g/mol. The standard InChI is InChI=1S/C14H26O6/c1-4-10-18-14(3,19-11-5-2)20-13(17)9-7-6-8-12(15)16/h4-11H2,1-3H3,(H,15,16). The quantitative estimate of drug-likeness (QED) is 0.338. The highest BCUT2D eigenvalue weighted by molar-refractivity contribution is 5.70. The van der Waals surface area contributed by atoms with Crippen LogP contribution < -0.4 is 0 Å². The van der Waals surface area contributed by atoms with E-state index >= 15 is 0 Å². The van der Waals surface area contributed by atoms with Gasteiger partial charge in [0.15, 0.2) is 0 Å². The molecule has 0 spiro atoms. The zero-order valence-corrected chi connectivity index (χ0v) is 12.6. The minimum absolute atomic E-state index is 0.0587. The van der Waals surface area contributed by atoms with Crippen molar-refractivity contribution in [1.82, 2.24) is 0 Å². The van der Waals surface area contributed by atoms with Crippen LogP contribution in [-0.2, 0) is 23.8 Å². The maximum absolute atomic E-state index is 11.7. The van der Waals surface area contributed by atoms with Crippen molar-refractivity contribution in [1.29, 1.82) is 0 Å². The second-order valence-corrected chi connectivity index (χ2v) is 4.63. The average molecular weight is 290 g/mol. The second-order valence-electron chi connectivity index (χ2n) is 4.63. The lowest BCUT2D eigenvalue weighted by atomic mass is 10.2. The molecule has 0 saturated heterocycles. The predicted octanol–water partition coefficient (Wildman–Crippen LogP) is 2.70. The second kappa shape index (κ2) is 10.6. The Balaban J connectivity index is 4.13. The molecule has 0 bridgehead atoms. The maximum atomic E-state index is 11.7. The van der Waals surface area contributed by atoms with Gasteiger partial charge in [-0.2, -0.15) is 0 Å². The summed E-state index contributed by atoms with van der Waals surface area (Å²) in [7, 11) is 0. The van der Waals surface area contributed by atoms with Gasteiger partial charge in [-0.25, -0.2) is 0 Å². The summed E-state index contributed by atoms with van der Waals surface area (Å²) in [6.07, 6.45) is 2.73. The lowest BCUT2D eigenvalue weighted by Gasteiger charge is -2.29. The van der Waals surface area contributed by atoms with Crippen LogP contribution in [0.2, 0.25) is 0 Å². The van der Waals surface area contributed by atoms with Gasteiger partial charge in [0.2, 0.25) is 0 Å². The molecule has 0 heterocycles. The van der Waals surface area contributed by atoms with E-state index in [1.54, 1.807) is 6.92 Å². The number of hydrogen-bond acceptors (Lipinski definition) is 5. The van der Waals surface area contributed by atoms with Crippen LogP contribution in [0.5, 0.6) is 0 Å². The van der Waals surface area contributed by atoms with Crippen LogP contribution >= 0.6 is 0 Å². The minimum Gasteiger partial charge on any atom is -0.481 e. The lowest BCUT2D eigenvalue weighted by molar-refractivity contribution is -0.352. The first-order chi connectivity index (χ1) is 9.43. The molecule has 0 aromatic carbocycles. The molecule has 6 nitrogen and oxygen atoms in total. The van der Waals surface area contributed by atoms with Gasteiger partial charge in [0.25, 0.3) is 0 Å². The highest BCUT2D eigenvalue weighted by Crippen LogP contribution is 2.17. The Morgan fingerprint density at radius 2 is 1.50 bits per heavy atom. The van der Waals surface area contributed by atoms with Crippen molar-refractivity contribution in [2.24, 2.45) is 0 Å². The van der Waals surface area contributed by atoms with Crippen LogP contribution in [0.1, 0.15) is 59.3 Å². The molecule has 0 amide bonds. The van der Waals surface area contributed by atoms with E-state index in [1.807, 2.05) is 13.8 Å². The molecule has 20 heavy (non-hydrogen) atoms. The van der Waals surface area contributed by atoms with Crippen molar-refractivity contribution >= 4 is 11.9 Å². The minimum atomic E-state index is -1.35. The summed E-state index contributed by atoms with van der Waals surface area (Å²) in [6, 6.07) is 0. The van der Waals surface area contributed by atoms with E-state index < -0.39 is 17.9 Å². The lowest BCUT2D eigenvalue weighted by Crippen LogP contribution is -2.38. The first-order valence-electron chi connectivity index (χ1n) is 7.15. The van der Waals surface area contributed by atoms with Gasteiger partial charge in [-0.3, -0.25) is 9.59 Å². The van der Waals surface area contributed by atoms with Crippen LogP contribution in [0.25, 0.3) is 0 Å². The number of hydrogen-bond donors (Lipinski definition) is 1. The van der Waals surface area contributed by atoms with Crippen molar-refractivity contribution < 1.29 is 28.9 Å². The number of esters is 1. The Labute approximate surface area is 120 Å². The van der Waals surface area contributed by atoms with Gasteiger partial charge in [0, 0.05) is 19.8 Å². The van der Waals surface area contributed by atoms with Crippen LogP contribution in [0.4, 0.5) is 0 Å². The number of unbranched alkanes of at least 4 members (excludes halogenated alkanes) is 1. The zero-order valence-electron chi connectivity index (χ0n) is 12.6. The van der Waals surface area contributed by atoms with E-state index in [2.05, 4.69) is 0 Å².